The van der Waals surface area contributed by atoms with Crippen LogP contribution < -0.4 is 5.32 Å². The van der Waals surface area contributed by atoms with Gasteiger partial charge in [0, 0.05) is 18.8 Å². The molecule has 0 aliphatic carbocycles. The molecule has 6 heteroatoms. The smallest absolute Gasteiger partial charge is 0.321 e. The van der Waals surface area contributed by atoms with Gasteiger partial charge >= 0.3 is 6.03 Å². The Labute approximate surface area is 104 Å². The number of aliphatic hydroxyl groups is 1. The Bertz CT molecular complexity index is 444. The van der Waals surface area contributed by atoms with E-state index >= 15 is 0 Å². The van der Waals surface area contributed by atoms with E-state index in [-0.39, 0.29) is 12.2 Å². The van der Waals surface area contributed by atoms with Gasteiger partial charge in [-0.05, 0) is 26.0 Å². The van der Waals surface area contributed by atoms with E-state index < -0.39 is 23.3 Å². The predicted octanol–water partition coefficient (Wildman–Crippen LogP) is 2.20. The van der Waals surface area contributed by atoms with E-state index in [4.69, 9.17) is 0 Å². The van der Waals surface area contributed by atoms with Crippen LogP contribution in [0.5, 0.6) is 0 Å². The molecule has 0 saturated heterocycles. The minimum Gasteiger partial charge on any atom is -0.389 e. The van der Waals surface area contributed by atoms with E-state index in [9.17, 15) is 18.7 Å². The van der Waals surface area contributed by atoms with Crippen molar-refractivity contribution >= 4 is 11.7 Å². The molecule has 1 aromatic rings. The van der Waals surface area contributed by atoms with Crippen molar-refractivity contribution in [2.24, 2.45) is 0 Å². The second-order valence-electron chi connectivity index (χ2n) is 4.73. The summed E-state index contributed by atoms with van der Waals surface area (Å²) in [7, 11) is 1.49. The summed E-state index contributed by atoms with van der Waals surface area (Å²) >= 11 is 0. The molecule has 2 amide bonds. The topological polar surface area (TPSA) is 52.6 Å². The fraction of sp³-hybridized carbons (Fsp3) is 0.417. The Morgan fingerprint density at radius 2 is 2.00 bits per heavy atom. The van der Waals surface area contributed by atoms with Crippen molar-refractivity contribution in [3.8, 4) is 0 Å². The van der Waals surface area contributed by atoms with Gasteiger partial charge in [0.2, 0.25) is 0 Å². The minimum absolute atomic E-state index is 0.114. The predicted molar refractivity (Wildman–Crippen MR) is 64.3 cm³/mol. The number of urea groups is 1. The molecule has 1 rings (SSSR count). The van der Waals surface area contributed by atoms with E-state index in [0.717, 1.165) is 12.1 Å². The van der Waals surface area contributed by atoms with Crippen LogP contribution in [0.2, 0.25) is 0 Å². The zero-order valence-corrected chi connectivity index (χ0v) is 10.5. The number of nitrogens with one attached hydrogen (secondary N) is 1. The molecule has 0 fully saturated rings. The third-order valence-electron chi connectivity index (χ3n) is 2.14. The summed E-state index contributed by atoms with van der Waals surface area (Å²) in [5.41, 5.74) is -0.873. The maximum absolute atomic E-state index is 12.9. The first-order valence-electron chi connectivity index (χ1n) is 5.38. The Kier molecular flexibility index (Phi) is 4.24. The van der Waals surface area contributed by atoms with Gasteiger partial charge in [0.05, 0.1) is 12.1 Å². The van der Waals surface area contributed by atoms with Crippen molar-refractivity contribution < 1.29 is 18.7 Å². The first-order valence-corrected chi connectivity index (χ1v) is 5.38. The van der Waals surface area contributed by atoms with Crippen LogP contribution in [0.3, 0.4) is 0 Å². The van der Waals surface area contributed by atoms with Gasteiger partial charge in [-0.25, -0.2) is 13.6 Å². The van der Waals surface area contributed by atoms with Crippen LogP contribution >= 0.6 is 0 Å². The number of hydrogen-bond donors (Lipinski definition) is 2. The Morgan fingerprint density at radius 1 is 1.39 bits per heavy atom. The van der Waals surface area contributed by atoms with Gasteiger partial charge in [0.1, 0.15) is 0 Å². The molecule has 0 radical (unpaired) electrons. The van der Waals surface area contributed by atoms with Crippen LogP contribution in [0.4, 0.5) is 19.3 Å². The number of likely N-dealkylation sites (N-methyl/N-ethyl adjacent to an activating group) is 1. The lowest BCUT2D eigenvalue weighted by atomic mass is 10.1. The summed E-state index contributed by atoms with van der Waals surface area (Å²) in [5, 5.41) is 12.0. The van der Waals surface area contributed by atoms with E-state index in [1.807, 2.05) is 0 Å². The maximum atomic E-state index is 12.9. The van der Waals surface area contributed by atoms with E-state index in [1.165, 1.54) is 18.0 Å². The summed E-state index contributed by atoms with van der Waals surface area (Å²) in [6.07, 6.45) is 0. The molecule has 1 aromatic carbocycles. The monoisotopic (exact) mass is 258 g/mol. The number of nitrogens with zero attached hydrogens (tertiary/aromatic N) is 1. The van der Waals surface area contributed by atoms with Gasteiger partial charge in [-0.2, -0.15) is 0 Å². The highest BCUT2D eigenvalue weighted by atomic mass is 19.2. The second-order valence-corrected chi connectivity index (χ2v) is 4.73. The molecule has 0 unspecified atom stereocenters. The van der Waals surface area contributed by atoms with E-state index in [2.05, 4.69) is 5.32 Å². The molecule has 0 heterocycles. The lowest BCUT2D eigenvalue weighted by Gasteiger charge is -2.25. The molecular weight excluding hydrogens is 242 g/mol. The average molecular weight is 258 g/mol. The largest absolute Gasteiger partial charge is 0.389 e. The van der Waals surface area contributed by atoms with Crippen LogP contribution in [0, 0.1) is 11.6 Å². The molecule has 0 saturated carbocycles. The number of halogens is 2. The van der Waals surface area contributed by atoms with Gasteiger partial charge in [-0.3, -0.25) is 0 Å². The third kappa shape index (κ3) is 4.29. The molecular formula is C12H16F2N2O2. The highest BCUT2D eigenvalue weighted by Gasteiger charge is 2.19. The van der Waals surface area contributed by atoms with Crippen LogP contribution in [0.1, 0.15) is 13.8 Å². The SMILES string of the molecule is CN(CC(C)(C)O)C(=O)Nc1ccc(F)c(F)c1. The number of amides is 2. The van der Waals surface area contributed by atoms with Gasteiger partial charge in [-0.1, -0.05) is 0 Å². The zero-order valence-electron chi connectivity index (χ0n) is 10.5. The Balaban J connectivity index is 2.67. The highest BCUT2D eigenvalue weighted by molar-refractivity contribution is 5.89. The summed E-state index contributed by atoms with van der Waals surface area (Å²) in [5.74, 6) is -2.00. The fourth-order valence-corrected chi connectivity index (χ4v) is 1.45. The Hall–Kier alpha value is -1.69. The molecule has 0 bridgehead atoms. The van der Waals surface area contributed by atoms with E-state index in [1.54, 1.807) is 13.8 Å². The summed E-state index contributed by atoms with van der Waals surface area (Å²) in [6.45, 7) is 3.24. The van der Waals surface area contributed by atoms with Gasteiger partial charge in [-0.15, -0.1) is 0 Å². The molecule has 18 heavy (non-hydrogen) atoms. The average Bonchev–Trinajstić information content (AvgIpc) is 2.21. The number of carbonyl (C=O) groups is 1. The fourth-order valence-electron chi connectivity index (χ4n) is 1.45. The quantitative estimate of drug-likeness (QED) is 0.873. The maximum Gasteiger partial charge on any atom is 0.321 e. The third-order valence-corrected chi connectivity index (χ3v) is 2.14. The first-order chi connectivity index (χ1) is 8.19. The van der Waals surface area contributed by atoms with Crippen molar-refractivity contribution in [3.63, 3.8) is 0 Å². The van der Waals surface area contributed by atoms with Crippen molar-refractivity contribution in [2.45, 2.75) is 19.4 Å². The molecule has 0 aliphatic heterocycles. The molecule has 2 N–H and O–H groups in total. The minimum atomic E-state index is -1.03. The van der Waals surface area contributed by atoms with Crippen molar-refractivity contribution in [1.29, 1.82) is 0 Å². The summed E-state index contributed by atoms with van der Waals surface area (Å²) < 4.78 is 25.6. The second kappa shape index (κ2) is 5.30. The van der Waals surface area contributed by atoms with Crippen LogP contribution in [0.25, 0.3) is 0 Å². The molecule has 100 valence electrons. The van der Waals surface area contributed by atoms with Gasteiger partial charge < -0.3 is 15.3 Å². The number of carbonyl (C=O) groups excluding carboxylic acids is 1. The zero-order chi connectivity index (χ0) is 13.9. The number of anilines is 1. The van der Waals surface area contributed by atoms with Crippen LogP contribution in [0.15, 0.2) is 18.2 Å². The normalized spacial score (nSPS) is 11.2. The summed E-state index contributed by atoms with van der Waals surface area (Å²) in [6, 6.07) is 2.57. The van der Waals surface area contributed by atoms with Crippen LogP contribution in [-0.2, 0) is 0 Å². The van der Waals surface area contributed by atoms with Crippen molar-refractivity contribution in [1.82, 2.24) is 4.90 Å². The van der Waals surface area contributed by atoms with Crippen molar-refractivity contribution in [3.05, 3.63) is 29.8 Å². The lowest BCUT2D eigenvalue weighted by Crippen LogP contribution is -2.41. The lowest BCUT2D eigenvalue weighted by molar-refractivity contribution is 0.0550. The molecule has 0 aliphatic rings. The van der Waals surface area contributed by atoms with Crippen molar-refractivity contribution in [2.75, 3.05) is 18.9 Å². The first kappa shape index (κ1) is 14.4. The molecule has 0 atom stereocenters. The highest BCUT2D eigenvalue weighted by Crippen LogP contribution is 2.14. The standard InChI is InChI=1S/C12H16F2N2O2/c1-12(2,18)7-16(3)11(17)15-8-4-5-9(13)10(14)6-8/h4-6,18H,7H2,1-3H3,(H,15,17). The molecule has 0 aromatic heterocycles. The van der Waals surface area contributed by atoms with E-state index in [0.29, 0.717) is 0 Å². The number of hydrogen-bond acceptors (Lipinski definition) is 2. The van der Waals surface area contributed by atoms with Crippen LogP contribution in [-0.4, -0.2) is 35.2 Å². The Morgan fingerprint density at radius 3 is 2.50 bits per heavy atom. The molecule has 4 nitrogen and oxygen atoms in total. The van der Waals surface area contributed by atoms with Gasteiger partial charge in [0.15, 0.2) is 11.6 Å². The summed E-state index contributed by atoms with van der Waals surface area (Å²) in [4.78, 5) is 12.9. The molecule has 0 spiro atoms. The number of benzene rings is 1. The van der Waals surface area contributed by atoms with Gasteiger partial charge in [0.25, 0.3) is 0 Å². The number of rotatable bonds is 3.